The Hall–Kier alpha value is -1.32. The summed E-state index contributed by atoms with van der Waals surface area (Å²) in [6.07, 6.45) is 3.65. The van der Waals surface area contributed by atoms with Crippen LogP contribution in [-0.2, 0) is 7.05 Å². The van der Waals surface area contributed by atoms with Crippen LogP contribution in [0.2, 0.25) is 0 Å². The zero-order valence-corrected chi connectivity index (χ0v) is 4.98. The van der Waals surface area contributed by atoms with Crippen LogP contribution in [0.3, 0.4) is 0 Å². The number of imidazole rings is 1. The van der Waals surface area contributed by atoms with Crippen molar-refractivity contribution >= 4 is 6.09 Å². The summed E-state index contributed by atoms with van der Waals surface area (Å²) < 4.78 is 2.74. The van der Waals surface area contributed by atoms with E-state index in [0.717, 1.165) is 4.57 Å². The van der Waals surface area contributed by atoms with Gasteiger partial charge in [-0.15, -0.1) is 4.57 Å². The van der Waals surface area contributed by atoms with Crippen LogP contribution < -0.4 is 4.57 Å². The largest absolute Gasteiger partial charge is 0.509 e. The topological polar surface area (TPSA) is 46.1 Å². The molecule has 0 aliphatic rings. The van der Waals surface area contributed by atoms with E-state index in [1.165, 1.54) is 12.5 Å². The average Bonchev–Trinajstić information content (AvgIpc) is 2.14. The number of nitrogens with zero attached hydrogens (tertiary/aromatic N) is 2. The van der Waals surface area contributed by atoms with Crippen LogP contribution in [0.4, 0.5) is 4.79 Å². The molecule has 9 heavy (non-hydrogen) atoms. The smallest absolute Gasteiger partial charge is 0.446 e. The summed E-state index contributed by atoms with van der Waals surface area (Å²) in [5.41, 5.74) is 0. The maximum atomic E-state index is 10.2. The Morgan fingerprint density at radius 1 is 1.78 bits per heavy atom. The van der Waals surface area contributed by atoms with Crippen LogP contribution in [-0.4, -0.2) is 15.8 Å². The van der Waals surface area contributed by atoms with Gasteiger partial charge in [0.2, 0.25) is 0 Å². The molecule has 0 atom stereocenters. The van der Waals surface area contributed by atoms with Crippen molar-refractivity contribution in [2.24, 2.45) is 7.05 Å². The van der Waals surface area contributed by atoms with Gasteiger partial charge in [0.1, 0.15) is 12.4 Å². The molecule has 0 bridgehead atoms. The van der Waals surface area contributed by atoms with E-state index in [9.17, 15) is 4.79 Å². The van der Waals surface area contributed by atoms with Gasteiger partial charge in [-0.2, -0.15) is 4.79 Å². The number of carbonyl (C=O) groups is 1. The van der Waals surface area contributed by atoms with E-state index in [1.54, 1.807) is 17.8 Å². The van der Waals surface area contributed by atoms with Crippen LogP contribution >= 0.6 is 0 Å². The van der Waals surface area contributed by atoms with Crippen LogP contribution in [0.15, 0.2) is 18.7 Å². The van der Waals surface area contributed by atoms with Gasteiger partial charge in [0.05, 0.1) is 7.05 Å². The predicted octanol–water partition coefficient (Wildman–Crippen LogP) is -0.161. The molecular formula is C5H7N2O2+. The highest BCUT2D eigenvalue weighted by Gasteiger charge is 2.06. The molecule has 0 saturated carbocycles. The summed E-state index contributed by atoms with van der Waals surface area (Å²) in [7, 11) is 1.76. The fourth-order valence-electron chi connectivity index (χ4n) is 0.563. The van der Waals surface area contributed by atoms with E-state index in [-0.39, 0.29) is 0 Å². The van der Waals surface area contributed by atoms with Gasteiger partial charge in [0, 0.05) is 0 Å². The highest BCUT2D eigenvalue weighted by atomic mass is 16.4. The fraction of sp³-hybridized carbons (Fsp3) is 0.200. The maximum absolute atomic E-state index is 10.2. The Morgan fingerprint density at radius 3 is 2.67 bits per heavy atom. The lowest BCUT2D eigenvalue weighted by Gasteiger charge is -1.78. The second kappa shape index (κ2) is 1.89. The zero-order chi connectivity index (χ0) is 6.85. The third kappa shape index (κ3) is 1.07. The molecule has 0 spiro atoms. The first kappa shape index (κ1) is 5.81. The van der Waals surface area contributed by atoms with Crippen LogP contribution in [0.1, 0.15) is 0 Å². The van der Waals surface area contributed by atoms with Crippen molar-refractivity contribution < 1.29 is 14.5 Å². The Kier molecular flexibility index (Phi) is 1.22. The van der Waals surface area contributed by atoms with Gasteiger partial charge >= 0.3 is 6.09 Å². The van der Waals surface area contributed by atoms with Crippen molar-refractivity contribution in [2.45, 2.75) is 0 Å². The molecule has 0 unspecified atom stereocenters. The minimum absolute atomic E-state index is 0.962. The van der Waals surface area contributed by atoms with E-state index in [1.807, 2.05) is 0 Å². The van der Waals surface area contributed by atoms with Gasteiger partial charge in [-0.3, -0.25) is 0 Å². The summed E-state index contributed by atoms with van der Waals surface area (Å²) in [6, 6.07) is 0. The quantitative estimate of drug-likeness (QED) is 0.492. The van der Waals surface area contributed by atoms with Gasteiger partial charge in [0.15, 0.2) is 0 Å². The third-order valence-corrected chi connectivity index (χ3v) is 0.990. The number of hydrogen-bond acceptors (Lipinski definition) is 1. The molecule has 0 saturated heterocycles. The number of carboxylic acid groups (broad SMARTS) is 1. The molecule has 1 rings (SSSR count). The second-order valence-corrected chi connectivity index (χ2v) is 1.77. The third-order valence-electron chi connectivity index (χ3n) is 0.990. The molecule has 1 N–H and O–H groups in total. The van der Waals surface area contributed by atoms with Crippen LogP contribution in [0.5, 0.6) is 0 Å². The van der Waals surface area contributed by atoms with Crippen LogP contribution in [0.25, 0.3) is 0 Å². The van der Waals surface area contributed by atoms with Crippen molar-refractivity contribution in [3.8, 4) is 0 Å². The molecule has 4 heteroatoms. The van der Waals surface area contributed by atoms with Gasteiger partial charge in [-0.05, 0) is 0 Å². The van der Waals surface area contributed by atoms with Gasteiger partial charge in [-0.1, -0.05) is 0 Å². The first-order valence-electron chi connectivity index (χ1n) is 2.46. The molecule has 0 amide bonds. The summed E-state index contributed by atoms with van der Waals surface area (Å²) in [6.45, 7) is 0. The van der Waals surface area contributed by atoms with E-state index in [0.29, 0.717) is 0 Å². The van der Waals surface area contributed by atoms with E-state index in [4.69, 9.17) is 5.11 Å². The Labute approximate surface area is 52.0 Å². The van der Waals surface area contributed by atoms with E-state index >= 15 is 0 Å². The van der Waals surface area contributed by atoms with Crippen molar-refractivity contribution in [2.75, 3.05) is 0 Å². The highest BCUT2D eigenvalue weighted by molar-refractivity contribution is 5.67. The first-order chi connectivity index (χ1) is 4.20. The minimum Gasteiger partial charge on any atom is -0.446 e. The highest BCUT2D eigenvalue weighted by Crippen LogP contribution is 1.79. The van der Waals surface area contributed by atoms with Gasteiger partial charge in [0.25, 0.3) is 6.33 Å². The van der Waals surface area contributed by atoms with E-state index < -0.39 is 6.09 Å². The Morgan fingerprint density at radius 2 is 2.44 bits per heavy atom. The normalized spacial score (nSPS) is 9.44. The number of hydrogen-bond donors (Lipinski definition) is 1. The minimum atomic E-state index is -0.962. The lowest BCUT2D eigenvalue weighted by atomic mass is 10.9. The van der Waals surface area contributed by atoms with E-state index in [2.05, 4.69) is 0 Å². The van der Waals surface area contributed by atoms with Crippen molar-refractivity contribution in [3.05, 3.63) is 18.7 Å². The average molecular weight is 127 g/mol. The maximum Gasteiger partial charge on any atom is 0.509 e. The first-order valence-corrected chi connectivity index (χ1v) is 2.46. The molecule has 0 radical (unpaired) electrons. The van der Waals surface area contributed by atoms with Crippen molar-refractivity contribution in [1.82, 2.24) is 4.57 Å². The molecular weight excluding hydrogens is 120 g/mol. The zero-order valence-electron chi connectivity index (χ0n) is 4.98. The molecule has 1 aromatic rings. The summed E-state index contributed by atoms with van der Waals surface area (Å²) in [5, 5.41) is 8.35. The molecule has 48 valence electrons. The monoisotopic (exact) mass is 127 g/mol. The molecule has 4 nitrogen and oxygen atoms in total. The van der Waals surface area contributed by atoms with Crippen LogP contribution in [0, 0.1) is 0 Å². The lowest BCUT2D eigenvalue weighted by molar-refractivity contribution is -0.670. The van der Waals surface area contributed by atoms with Gasteiger partial charge in [-0.25, -0.2) is 4.57 Å². The summed E-state index contributed by atoms with van der Waals surface area (Å²) in [4.78, 5) is 10.2. The van der Waals surface area contributed by atoms with Gasteiger partial charge < -0.3 is 5.11 Å². The fourth-order valence-corrected chi connectivity index (χ4v) is 0.563. The van der Waals surface area contributed by atoms with Crippen molar-refractivity contribution in [1.29, 1.82) is 0 Å². The molecule has 0 aliphatic carbocycles. The Balaban J connectivity index is 2.98. The van der Waals surface area contributed by atoms with Crippen molar-refractivity contribution in [3.63, 3.8) is 0 Å². The molecule has 0 aliphatic heterocycles. The standard InChI is InChI=1S/C5H6N2O2/c1-6-2-3-7(4-6)5(8)9/h2-4H,1H3/p+1. The molecule has 0 fully saturated rings. The Bertz CT molecular complexity index is 229. The number of rotatable bonds is 0. The molecule has 1 aromatic heterocycles. The summed E-state index contributed by atoms with van der Waals surface area (Å²) in [5.74, 6) is 0. The lowest BCUT2D eigenvalue weighted by Crippen LogP contribution is -2.24. The molecule has 0 aromatic carbocycles. The summed E-state index contributed by atoms with van der Waals surface area (Å²) >= 11 is 0. The molecule has 1 heterocycles. The second-order valence-electron chi connectivity index (χ2n) is 1.77. The number of aryl methyl sites for hydroxylation is 1. The predicted molar refractivity (Wildman–Crippen MR) is 29.0 cm³/mol. The SMILES string of the molecule is C[n+]1ccn(C(=O)O)c1. The number of aromatic nitrogens is 2.